The van der Waals surface area contributed by atoms with Gasteiger partial charge in [-0.1, -0.05) is 6.92 Å². The molecule has 0 heterocycles. The summed E-state index contributed by atoms with van der Waals surface area (Å²) >= 11 is -0.241. The van der Waals surface area contributed by atoms with Gasteiger partial charge in [-0.05, 0) is 47.1 Å². The first-order valence-electron chi connectivity index (χ1n) is 8.47. The number of thioether (sulfide) groups is 1. The predicted octanol–water partition coefficient (Wildman–Crippen LogP) is 4.43. The Balaban J connectivity index is 3.39. The van der Waals surface area contributed by atoms with E-state index in [-0.39, 0.29) is 17.0 Å². The van der Waals surface area contributed by atoms with Crippen LogP contribution in [0.3, 0.4) is 0 Å². The lowest BCUT2D eigenvalue weighted by Gasteiger charge is -2.36. The van der Waals surface area contributed by atoms with Gasteiger partial charge in [0.1, 0.15) is 10.6 Å². The molecule has 0 aliphatic carbocycles. The summed E-state index contributed by atoms with van der Waals surface area (Å²) in [4.78, 5) is 10.5. The predicted molar refractivity (Wildman–Crippen MR) is 108 cm³/mol. The number of benzene rings is 1. The van der Waals surface area contributed by atoms with Crippen molar-refractivity contribution in [3.8, 4) is 6.07 Å². The van der Waals surface area contributed by atoms with Crippen molar-refractivity contribution in [3.63, 3.8) is 0 Å². The SMILES string of the molecule is CCC(C)(C#N)SC[C@](C)(N[S+]([O-])C(C)(C)C)c1cc([N+](=O)[O-])ccc1F. The summed E-state index contributed by atoms with van der Waals surface area (Å²) in [6.07, 6.45) is 0.573. The lowest BCUT2D eigenvalue weighted by Crippen LogP contribution is -2.52. The Labute approximate surface area is 167 Å². The van der Waals surface area contributed by atoms with Crippen molar-refractivity contribution in [2.45, 2.75) is 63.0 Å². The summed E-state index contributed by atoms with van der Waals surface area (Å²) in [7, 11) is 0. The first kappa shape index (κ1) is 23.7. The first-order valence-corrected chi connectivity index (χ1v) is 10.6. The lowest BCUT2D eigenvalue weighted by atomic mass is 9.94. The maximum absolute atomic E-state index is 14.6. The number of halogens is 1. The van der Waals surface area contributed by atoms with E-state index in [0.717, 1.165) is 12.1 Å². The Hall–Kier alpha value is -1.34. The third kappa shape index (κ3) is 6.07. The van der Waals surface area contributed by atoms with Gasteiger partial charge in [-0.25, -0.2) is 4.39 Å². The van der Waals surface area contributed by atoms with E-state index < -0.39 is 37.1 Å². The molecule has 1 aromatic rings. The van der Waals surface area contributed by atoms with Crippen molar-refractivity contribution in [2.75, 3.05) is 5.75 Å². The maximum atomic E-state index is 14.6. The van der Waals surface area contributed by atoms with Crippen LogP contribution < -0.4 is 4.72 Å². The number of nitriles is 1. The van der Waals surface area contributed by atoms with E-state index in [4.69, 9.17) is 0 Å². The average molecular weight is 416 g/mol. The monoisotopic (exact) mass is 415 g/mol. The highest BCUT2D eigenvalue weighted by Gasteiger charge is 2.41. The molecule has 27 heavy (non-hydrogen) atoms. The Morgan fingerprint density at radius 1 is 1.33 bits per heavy atom. The normalized spacial score (nSPS) is 17.4. The Morgan fingerprint density at radius 2 is 1.93 bits per heavy atom. The average Bonchev–Trinajstić information content (AvgIpc) is 2.59. The van der Waals surface area contributed by atoms with E-state index in [9.17, 15) is 24.3 Å². The molecule has 0 saturated carbocycles. The Morgan fingerprint density at radius 3 is 2.37 bits per heavy atom. The van der Waals surface area contributed by atoms with Crippen LogP contribution in [0.2, 0.25) is 0 Å². The van der Waals surface area contributed by atoms with Crippen LogP contribution in [0.15, 0.2) is 18.2 Å². The second-order valence-corrected chi connectivity index (χ2v) is 11.2. The Kier molecular flexibility index (Phi) is 7.70. The molecule has 0 spiro atoms. The number of hydrogen-bond acceptors (Lipinski definition) is 6. The fraction of sp³-hybridized carbons (Fsp3) is 0.611. The van der Waals surface area contributed by atoms with Crippen LogP contribution >= 0.6 is 11.8 Å². The van der Waals surface area contributed by atoms with Crippen LogP contribution in [0.4, 0.5) is 10.1 Å². The highest BCUT2D eigenvalue weighted by Crippen LogP contribution is 2.37. The van der Waals surface area contributed by atoms with E-state index in [0.29, 0.717) is 6.42 Å². The molecule has 150 valence electrons. The van der Waals surface area contributed by atoms with Gasteiger partial charge in [0, 0.05) is 34.8 Å². The molecular weight excluding hydrogens is 389 g/mol. The van der Waals surface area contributed by atoms with E-state index in [1.165, 1.54) is 17.8 Å². The smallest absolute Gasteiger partial charge is 0.269 e. The fourth-order valence-electron chi connectivity index (χ4n) is 2.09. The molecule has 0 saturated heterocycles. The van der Waals surface area contributed by atoms with E-state index in [1.54, 1.807) is 34.6 Å². The minimum Gasteiger partial charge on any atom is -0.598 e. The molecule has 1 rings (SSSR count). The van der Waals surface area contributed by atoms with Crippen LogP contribution in [0.5, 0.6) is 0 Å². The Bertz CT molecular complexity index is 736. The number of non-ortho nitro benzene ring substituents is 1. The third-order valence-corrected chi connectivity index (χ3v) is 7.71. The zero-order valence-corrected chi connectivity index (χ0v) is 18.1. The number of nitrogens with zero attached hydrogens (tertiary/aromatic N) is 2. The molecule has 0 radical (unpaired) electrons. The van der Waals surface area contributed by atoms with Gasteiger partial charge in [-0.3, -0.25) is 10.1 Å². The summed E-state index contributed by atoms with van der Waals surface area (Å²) in [5.74, 6) is -0.414. The van der Waals surface area contributed by atoms with Gasteiger partial charge in [-0.2, -0.15) is 5.26 Å². The topological polar surface area (TPSA) is 102 Å². The van der Waals surface area contributed by atoms with Crippen LogP contribution in [0, 0.1) is 27.3 Å². The summed E-state index contributed by atoms with van der Waals surface area (Å²) < 4.78 is 29.0. The zero-order chi connectivity index (χ0) is 21.0. The summed E-state index contributed by atoms with van der Waals surface area (Å²) in [5.41, 5.74) is -1.37. The summed E-state index contributed by atoms with van der Waals surface area (Å²) in [6, 6.07) is 5.54. The van der Waals surface area contributed by atoms with E-state index >= 15 is 0 Å². The molecule has 6 nitrogen and oxygen atoms in total. The summed E-state index contributed by atoms with van der Waals surface area (Å²) in [5, 5.41) is 20.6. The molecule has 0 bridgehead atoms. The molecule has 0 amide bonds. The second kappa shape index (κ2) is 8.78. The fourth-order valence-corrected chi connectivity index (χ4v) is 4.18. The molecule has 0 aliphatic rings. The van der Waals surface area contributed by atoms with Crippen molar-refractivity contribution < 1.29 is 13.9 Å². The van der Waals surface area contributed by atoms with Crippen LogP contribution in [0.25, 0.3) is 0 Å². The molecule has 9 heteroatoms. The number of hydrogen-bond donors (Lipinski definition) is 1. The number of nitro groups is 1. The molecule has 1 aromatic carbocycles. The highest BCUT2D eigenvalue weighted by molar-refractivity contribution is 8.01. The standard InChI is InChI=1S/C18H26FN3O3S2/c1-7-17(5,11-20)26-12-18(6,21-27(25)16(2,3)4)14-10-13(22(23)24)8-9-15(14)19/h8-10,21H,7,12H2,1-6H3/t17?,18-,27?/m0/s1. The van der Waals surface area contributed by atoms with Gasteiger partial charge in [0.2, 0.25) is 0 Å². The molecule has 0 aromatic heterocycles. The van der Waals surface area contributed by atoms with Gasteiger partial charge >= 0.3 is 0 Å². The van der Waals surface area contributed by atoms with Crippen molar-refractivity contribution in [2.24, 2.45) is 0 Å². The molecule has 3 atom stereocenters. The van der Waals surface area contributed by atoms with Crippen LogP contribution in [0.1, 0.15) is 53.5 Å². The number of nitro benzene ring substituents is 1. The van der Waals surface area contributed by atoms with Crippen molar-refractivity contribution >= 4 is 28.8 Å². The molecule has 0 aliphatic heterocycles. The van der Waals surface area contributed by atoms with Gasteiger partial charge in [0.05, 0.1) is 21.3 Å². The first-order chi connectivity index (χ1) is 12.3. The minimum atomic E-state index is -1.55. The van der Waals surface area contributed by atoms with Gasteiger partial charge in [0.15, 0.2) is 0 Å². The van der Waals surface area contributed by atoms with Crippen molar-refractivity contribution in [3.05, 3.63) is 39.7 Å². The molecule has 0 fully saturated rings. The van der Waals surface area contributed by atoms with E-state index in [2.05, 4.69) is 10.8 Å². The van der Waals surface area contributed by atoms with Crippen molar-refractivity contribution in [1.29, 1.82) is 5.26 Å². The van der Waals surface area contributed by atoms with E-state index in [1.807, 2.05) is 6.92 Å². The highest BCUT2D eigenvalue weighted by atomic mass is 32.2. The molecular formula is C18H26FN3O3S2. The largest absolute Gasteiger partial charge is 0.598 e. The van der Waals surface area contributed by atoms with Gasteiger partial charge in [-0.15, -0.1) is 16.5 Å². The van der Waals surface area contributed by atoms with Gasteiger partial charge < -0.3 is 4.55 Å². The summed E-state index contributed by atoms with van der Waals surface area (Å²) in [6.45, 7) is 10.6. The number of rotatable bonds is 8. The second-order valence-electron chi connectivity index (χ2n) is 7.72. The van der Waals surface area contributed by atoms with Gasteiger partial charge in [0.25, 0.3) is 5.69 Å². The maximum Gasteiger partial charge on any atom is 0.269 e. The third-order valence-electron chi connectivity index (χ3n) is 4.22. The quantitative estimate of drug-likeness (QED) is 0.383. The van der Waals surface area contributed by atoms with Crippen molar-refractivity contribution in [1.82, 2.24) is 4.72 Å². The van der Waals surface area contributed by atoms with Crippen LogP contribution in [-0.4, -0.2) is 24.7 Å². The minimum absolute atomic E-state index is 0.0539. The lowest BCUT2D eigenvalue weighted by molar-refractivity contribution is -0.385. The molecule has 2 unspecified atom stereocenters. The molecule has 1 N–H and O–H groups in total. The van der Waals surface area contributed by atoms with Crippen LogP contribution in [-0.2, 0) is 16.9 Å². The number of nitrogens with one attached hydrogen (secondary N) is 1. The zero-order valence-electron chi connectivity index (χ0n) is 16.5.